The third-order valence-electron chi connectivity index (χ3n) is 1.98. The second-order valence-electron chi connectivity index (χ2n) is 3.48. The lowest BCUT2D eigenvalue weighted by Crippen LogP contribution is -2.38. The molecule has 104 valence electrons. The molecule has 0 spiro atoms. The van der Waals surface area contributed by atoms with Crippen LogP contribution in [0.25, 0.3) is 0 Å². The molecule has 0 unspecified atom stereocenters. The van der Waals surface area contributed by atoms with E-state index in [1.165, 1.54) is 4.88 Å². The number of guanidine groups is 1. The summed E-state index contributed by atoms with van der Waals surface area (Å²) in [6.07, 6.45) is 3.99. The van der Waals surface area contributed by atoms with Gasteiger partial charge in [0.25, 0.3) is 0 Å². The normalized spacial score (nSPS) is 10.9. The van der Waals surface area contributed by atoms with Crippen LogP contribution in [-0.4, -0.2) is 36.0 Å². The molecule has 7 heteroatoms. The molecular formula is C11H21IN4S2. The van der Waals surface area contributed by atoms with Crippen molar-refractivity contribution in [3.63, 3.8) is 0 Å². The Bertz CT molecular complexity index is 355. The van der Waals surface area contributed by atoms with Gasteiger partial charge in [0.1, 0.15) is 5.01 Å². The van der Waals surface area contributed by atoms with Crippen LogP contribution in [0.15, 0.2) is 11.2 Å². The summed E-state index contributed by atoms with van der Waals surface area (Å²) in [5.41, 5.74) is 0. The first-order valence-corrected chi connectivity index (χ1v) is 7.89. The first-order chi connectivity index (χ1) is 8.26. The highest BCUT2D eigenvalue weighted by molar-refractivity contribution is 14.0. The Labute approximate surface area is 134 Å². The van der Waals surface area contributed by atoms with Gasteiger partial charge >= 0.3 is 0 Å². The first-order valence-electron chi connectivity index (χ1n) is 5.68. The van der Waals surface area contributed by atoms with Gasteiger partial charge in [0, 0.05) is 29.9 Å². The van der Waals surface area contributed by atoms with Crippen molar-refractivity contribution in [2.45, 2.75) is 20.4 Å². The molecule has 2 N–H and O–H groups in total. The number of aliphatic imine (C=N–C) groups is 1. The molecular weight excluding hydrogens is 379 g/mol. The zero-order valence-corrected chi connectivity index (χ0v) is 15.0. The Morgan fingerprint density at radius 3 is 2.83 bits per heavy atom. The van der Waals surface area contributed by atoms with Crippen LogP contribution in [0.5, 0.6) is 0 Å². The lowest BCUT2D eigenvalue weighted by Gasteiger charge is -2.09. The zero-order chi connectivity index (χ0) is 12.5. The highest BCUT2D eigenvalue weighted by atomic mass is 127. The van der Waals surface area contributed by atoms with Crippen LogP contribution in [-0.2, 0) is 6.54 Å². The largest absolute Gasteiger partial charge is 0.357 e. The molecule has 0 saturated carbocycles. The van der Waals surface area contributed by atoms with Gasteiger partial charge in [-0.25, -0.2) is 9.98 Å². The lowest BCUT2D eigenvalue weighted by atomic mass is 10.6. The molecule has 1 aromatic rings. The number of nitrogens with zero attached hydrogens (tertiary/aromatic N) is 2. The van der Waals surface area contributed by atoms with Crippen molar-refractivity contribution < 1.29 is 0 Å². The molecule has 1 heterocycles. The Morgan fingerprint density at radius 2 is 2.28 bits per heavy atom. The van der Waals surface area contributed by atoms with E-state index in [9.17, 15) is 0 Å². The average Bonchev–Trinajstić information content (AvgIpc) is 2.72. The smallest absolute Gasteiger partial charge is 0.191 e. The Morgan fingerprint density at radius 1 is 1.50 bits per heavy atom. The summed E-state index contributed by atoms with van der Waals surface area (Å²) >= 11 is 3.52. The van der Waals surface area contributed by atoms with Gasteiger partial charge in [0.2, 0.25) is 0 Å². The van der Waals surface area contributed by atoms with Crippen LogP contribution in [0, 0.1) is 6.92 Å². The number of halogens is 1. The molecule has 18 heavy (non-hydrogen) atoms. The molecule has 0 aliphatic rings. The molecule has 0 saturated heterocycles. The predicted molar refractivity (Wildman–Crippen MR) is 93.5 cm³/mol. The Kier molecular flexibility index (Phi) is 10.8. The van der Waals surface area contributed by atoms with Crippen LogP contribution < -0.4 is 10.6 Å². The molecule has 1 rings (SSSR count). The van der Waals surface area contributed by atoms with Gasteiger partial charge in [-0.3, -0.25) is 0 Å². The van der Waals surface area contributed by atoms with E-state index in [1.807, 2.05) is 18.0 Å². The minimum atomic E-state index is 0. The Hall–Kier alpha value is -0.0200. The van der Waals surface area contributed by atoms with Crippen molar-refractivity contribution >= 4 is 53.0 Å². The fourth-order valence-electron chi connectivity index (χ4n) is 1.23. The third-order valence-corrected chi connectivity index (χ3v) is 3.49. The Balaban J connectivity index is 0.00000289. The number of hydrogen-bond acceptors (Lipinski definition) is 4. The van der Waals surface area contributed by atoms with E-state index in [0.717, 1.165) is 29.8 Å². The number of aromatic nitrogens is 1. The molecule has 4 nitrogen and oxygen atoms in total. The van der Waals surface area contributed by atoms with Crippen molar-refractivity contribution in [2.75, 3.05) is 25.1 Å². The maximum absolute atomic E-state index is 4.50. The molecule has 0 aliphatic heterocycles. The monoisotopic (exact) mass is 400 g/mol. The van der Waals surface area contributed by atoms with Crippen LogP contribution >= 0.6 is 47.1 Å². The highest BCUT2D eigenvalue weighted by Crippen LogP contribution is 2.11. The van der Waals surface area contributed by atoms with Gasteiger partial charge in [-0.1, -0.05) is 0 Å². The van der Waals surface area contributed by atoms with Crippen molar-refractivity contribution in [3.8, 4) is 0 Å². The average molecular weight is 400 g/mol. The summed E-state index contributed by atoms with van der Waals surface area (Å²) in [6.45, 7) is 6.59. The zero-order valence-electron chi connectivity index (χ0n) is 11.0. The van der Waals surface area contributed by atoms with Crippen LogP contribution in [0.3, 0.4) is 0 Å². The number of thioether (sulfide) groups is 1. The van der Waals surface area contributed by atoms with E-state index in [0.29, 0.717) is 6.54 Å². The van der Waals surface area contributed by atoms with E-state index < -0.39 is 0 Å². The molecule has 0 aromatic carbocycles. The van der Waals surface area contributed by atoms with E-state index in [2.05, 4.69) is 40.7 Å². The van der Waals surface area contributed by atoms with Crippen molar-refractivity contribution in [1.29, 1.82) is 0 Å². The summed E-state index contributed by atoms with van der Waals surface area (Å²) in [4.78, 5) is 10.0. The van der Waals surface area contributed by atoms with Crippen LogP contribution in [0.4, 0.5) is 0 Å². The minimum Gasteiger partial charge on any atom is -0.357 e. The van der Waals surface area contributed by atoms with E-state index in [1.54, 1.807) is 11.3 Å². The lowest BCUT2D eigenvalue weighted by molar-refractivity contribution is 0.841. The van der Waals surface area contributed by atoms with E-state index in [-0.39, 0.29) is 24.0 Å². The SMILES string of the molecule is CCNC(=NCc1ncc(C)s1)NCCSC.I. The predicted octanol–water partition coefficient (Wildman–Crippen LogP) is 2.49. The van der Waals surface area contributed by atoms with Gasteiger partial charge in [0.05, 0.1) is 6.54 Å². The number of thiazole rings is 1. The van der Waals surface area contributed by atoms with E-state index in [4.69, 9.17) is 0 Å². The maximum atomic E-state index is 4.50. The second-order valence-corrected chi connectivity index (χ2v) is 5.78. The van der Waals surface area contributed by atoms with Gasteiger partial charge in [-0.2, -0.15) is 11.8 Å². The van der Waals surface area contributed by atoms with Crippen molar-refractivity contribution in [2.24, 2.45) is 4.99 Å². The fourth-order valence-corrected chi connectivity index (χ4v) is 2.25. The van der Waals surface area contributed by atoms with Gasteiger partial charge in [0.15, 0.2) is 5.96 Å². The van der Waals surface area contributed by atoms with Crippen molar-refractivity contribution in [3.05, 3.63) is 16.1 Å². The number of rotatable bonds is 6. The molecule has 0 aliphatic carbocycles. The fraction of sp³-hybridized carbons (Fsp3) is 0.636. The highest BCUT2D eigenvalue weighted by Gasteiger charge is 1.99. The van der Waals surface area contributed by atoms with Gasteiger partial charge in [-0.05, 0) is 20.1 Å². The van der Waals surface area contributed by atoms with E-state index >= 15 is 0 Å². The molecule has 0 fully saturated rings. The van der Waals surface area contributed by atoms with Crippen LogP contribution in [0.2, 0.25) is 0 Å². The van der Waals surface area contributed by atoms with Gasteiger partial charge < -0.3 is 10.6 Å². The van der Waals surface area contributed by atoms with Crippen LogP contribution in [0.1, 0.15) is 16.8 Å². The minimum absolute atomic E-state index is 0. The summed E-state index contributed by atoms with van der Waals surface area (Å²) < 4.78 is 0. The van der Waals surface area contributed by atoms with Crippen molar-refractivity contribution in [1.82, 2.24) is 15.6 Å². The quantitative estimate of drug-likeness (QED) is 0.334. The third kappa shape index (κ3) is 7.42. The summed E-state index contributed by atoms with van der Waals surface area (Å²) in [5, 5.41) is 7.58. The number of hydrogen-bond donors (Lipinski definition) is 2. The molecule has 0 amide bonds. The number of aryl methyl sites for hydroxylation is 1. The standard InChI is InChI=1S/C11H20N4S2.HI/c1-4-12-11(13-5-6-16-3)15-8-10-14-7-9(2)17-10;/h7H,4-6,8H2,1-3H3,(H2,12,13,15);1H. The molecule has 1 aromatic heterocycles. The summed E-state index contributed by atoms with van der Waals surface area (Å²) in [7, 11) is 0. The summed E-state index contributed by atoms with van der Waals surface area (Å²) in [5.74, 6) is 1.95. The maximum Gasteiger partial charge on any atom is 0.191 e. The van der Waals surface area contributed by atoms with Gasteiger partial charge in [-0.15, -0.1) is 35.3 Å². The molecule has 0 bridgehead atoms. The second kappa shape index (κ2) is 10.9. The summed E-state index contributed by atoms with van der Waals surface area (Å²) in [6, 6.07) is 0. The topological polar surface area (TPSA) is 49.3 Å². The molecule has 0 radical (unpaired) electrons. The number of nitrogens with one attached hydrogen (secondary N) is 2. The first kappa shape index (κ1) is 18.0. The molecule has 0 atom stereocenters.